The highest BCUT2D eigenvalue weighted by Gasteiger charge is 2.10. The van der Waals surface area contributed by atoms with Crippen molar-refractivity contribution in [3.05, 3.63) is 65.9 Å². The van der Waals surface area contributed by atoms with E-state index in [2.05, 4.69) is 31.5 Å². The highest BCUT2D eigenvalue weighted by Crippen LogP contribution is 2.19. The summed E-state index contributed by atoms with van der Waals surface area (Å²) in [7, 11) is 0. The Morgan fingerprint density at radius 2 is 1.92 bits per heavy atom. The molecule has 0 radical (unpaired) electrons. The molecular weight excluding hydrogens is 326 g/mol. The Labute approximate surface area is 150 Å². The number of fused-ring (bicyclic) bond motifs is 1. The lowest BCUT2D eigenvalue weighted by molar-refractivity contribution is -0.116. The Bertz CT molecular complexity index is 1050. The van der Waals surface area contributed by atoms with Crippen molar-refractivity contribution in [3.8, 4) is 11.4 Å². The zero-order valence-corrected chi connectivity index (χ0v) is 14.4. The molecule has 2 aromatic heterocycles. The van der Waals surface area contributed by atoms with E-state index in [-0.39, 0.29) is 5.91 Å². The number of aromatic nitrogens is 4. The van der Waals surface area contributed by atoms with Gasteiger partial charge in [0.15, 0.2) is 5.82 Å². The van der Waals surface area contributed by atoms with E-state index in [1.165, 1.54) is 5.56 Å². The largest absolute Gasteiger partial charge is 0.361 e. The normalized spacial score (nSPS) is 11.0. The van der Waals surface area contributed by atoms with Crippen molar-refractivity contribution in [1.82, 2.24) is 20.2 Å². The molecule has 4 aromatic rings. The fourth-order valence-electron chi connectivity index (χ4n) is 2.93. The number of anilines is 1. The lowest BCUT2D eigenvalue weighted by Crippen LogP contribution is -2.13. The quantitative estimate of drug-likeness (QED) is 0.514. The summed E-state index contributed by atoms with van der Waals surface area (Å²) in [6, 6.07) is 16.0. The van der Waals surface area contributed by atoms with E-state index in [9.17, 15) is 4.79 Å². The summed E-state index contributed by atoms with van der Waals surface area (Å²) in [4.78, 5) is 19.8. The molecule has 0 unspecified atom stereocenters. The van der Waals surface area contributed by atoms with E-state index in [0.29, 0.717) is 24.6 Å². The zero-order valence-electron chi connectivity index (χ0n) is 14.4. The van der Waals surface area contributed by atoms with Gasteiger partial charge in [-0.05, 0) is 25.0 Å². The predicted molar refractivity (Wildman–Crippen MR) is 102 cm³/mol. The molecule has 0 saturated heterocycles. The summed E-state index contributed by atoms with van der Waals surface area (Å²) in [5, 5.41) is 10.8. The van der Waals surface area contributed by atoms with Crippen LogP contribution in [0.15, 0.2) is 54.7 Å². The molecule has 0 spiro atoms. The van der Waals surface area contributed by atoms with Gasteiger partial charge in [0.05, 0.1) is 0 Å². The van der Waals surface area contributed by atoms with Crippen LogP contribution in [0.25, 0.3) is 22.3 Å². The summed E-state index contributed by atoms with van der Waals surface area (Å²) < 4.78 is 0. The third-order valence-electron chi connectivity index (χ3n) is 4.36. The van der Waals surface area contributed by atoms with Crippen molar-refractivity contribution in [2.45, 2.75) is 19.8 Å². The van der Waals surface area contributed by atoms with E-state index in [4.69, 9.17) is 0 Å². The minimum atomic E-state index is -0.107. The number of para-hydroxylation sites is 1. The van der Waals surface area contributed by atoms with E-state index < -0.39 is 0 Å². The number of rotatable bonds is 5. The highest BCUT2D eigenvalue weighted by molar-refractivity contribution is 5.90. The van der Waals surface area contributed by atoms with Gasteiger partial charge < -0.3 is 4.98 Å². The molecule has 4 rings (SSSR count). The number of carbonyl (C=O) groups excluding carboxylic acids is 1. The molecule has 0 bridgehead atoms. The first kappa shape index (κ1) is 16.1. The molecule has 0 aliphatic heterocycles. The Hall–Kier alpha value is -3.41. The third-order valence-corrected chi connectivity index (χ3v) is 4.36. The molecule has 1 amide bonds. The number of hydrogen-bond acceptors (Lipinski definition) is 3. The second-order valence-electron chi connectivity index (χ2n) is 6.28. The van der Waals surface area contributed by atoms with Crippen molar-refractivity contribution in [2.75, 3.05) is 5.32 Å². The second kappa shape index (κ2) is 6.84. The smallest absolute Gasteiger partial charge is 0.249 e. The summed E-state index contributed by atoms with van der Waals surface area (Å²) in [5.41, 5.74) is 4.33. The van der Waals surface area contributed by atoms with Gasteiger partial charge in [-0.25, -0.2) is 0 Å². The van der Waals surface area contributed by atoms with Crippen LogP contribution in [0.3, 0.4) is 0 Å². The van der Waals surface area contributed by atoms with Crippen LogP contribution < -0.4 is 5.32 Å². The lowest BCUT2D eigenvalue weighted by atomic mass is 10.1. The number of benzene rings is 2. The van der Waals surface area contributed by atoms with Gasteiger partial charge in [-0.3, -0.25) is 15.2 Å². The van der Waals surface area contributed by atoms with Crippen molar-refractivity contribution in [1.29, 1.82) is 0 Å². The summed E-state index contributed by atoms with van der Waals surface area (Å²) in [6.45, 7) is 2.03. The molecule has 130 valence electrons. The van der Waals surface area contributed by atoms with Crippen LogP contribution in [-0.2, 0) is 11.2 Å². The van der Waals surface area contributed by atoms with Crippen LogP contribution in [-0.4, -0.2) is 26.1 Å². The monoisotopic (exact) mass is 345 g/mol. The van der Waals surface area contributed by atoms with Crippen LogP contribution in [0.2, 0.25) is 0 Å². The van der Waals surface area contributed by atoms with Crippen LogP contribution in [0.5, 0.6) is 0 Å². The van der Waals surface area contributed by atoms with Crippen molar-refractivity contribution < 1.29 is 4.79 Å². The lowest BCUT2D eigenvalue weighted by Gasteiger charge is -2.01. The average Bonchev–Trinajstić information content (AvgIpc) is 3.28. The maximum atomic E-state index is 12.2. The number of amides is 1. The van der Waals surface area contributed by atoms with Crippen LogP contribution in [0.1, 0.15) is 17.5 Å². The maximum absolute atomic E-state index is 12.2. The fourth-order valence-corrected chi connectivity index (χ4v) is 2.93. The number of hydrogen-bond donors (Lipinski definition) is 3. The van der Waals surface area contributed by atoms with E-state index >= 15 is 0 Å². The Balaban J connectivity index is 1.38. The van der Waals surface area contributed by atoms with E-state index in [1.54, 1.807) is 0 Å². The van der Waals surface area contributed by atoms with Crippen molar-refractivity contribution in [3.63, 3.8) is 0 Å². The molecule has 2 heterocycles. The standard InChI is InChI=1S/C20H19N5O/c1-13-6-8-14(9-7-13)19-23-20(25-24-19)22-18(26)11-10-15-12-21-17-5-3-2-4-16(15)17/h2-9,12,21H,10-11H2,1H3,(H2,22,23,24,25,26). The van der Waals surface area contributed by atoms with Crippen molar-refractivity contribution >= 4 is 22.8 Å². The molecule has 0 aliphatic carbocycles. The molecule has 0 saturated carbocycles. The molecular formula is C20H19N5O. The SMILES string of the molecule is Cc1ccc(-c2nc(NC(=O)CCc3c[nH]c4ccccc34)n[nH]2)cc1. The minimum Gasteiger partial charge on any atom is -0.361 e. The molecule has 6 heteroatoms. The molecule has 26 heavy (non-hydrogen) atoms. The first-order chi connectivity index (χ1) is 12.7. The van der Waals surface area contributed by atoms with Gasteiger partial charge >= 0.3 is 0 Å². The molecule has 0 aliphatic rings. The van der Waals surface area contributed by atoms with E-state index in [1.807, 2.05) is 55.6 Å². The van der Waals surface area contributed by atoms with E-state index in [0.717, 1.165) is 22.0 Å². The van der Waals surface area contributed by atoms with Crippen LogP contribution >= 0.6 is 0 Å². The van der Waals surface area contributed by atoms with Gasteiger partial charge in [0.25, 0.3) is 0 Å². The number of aryl methyl sites for hydroxylation is 2. The number of carbonyl (C=O) groups is 1. The van der Waals surface area contributed by atoms with Crippen molar-refractivity contribution in [2.24, 2.45) is 0 Å². The Morgan fingerprint density at radius 1 is 1.12 bits per heavy atom. The van der Waals surface area contributed by atoms with Crippen LogP contribution in [0, 0.1) is 6.92 Å². The van der Waals surface area contributed by atoms with Gasteiger partial charge in [0.1, 0.15) is 0 Å². The molecule has 6 nitrogen and oxygen atoms in total. The van der Waals surface area contributed by atoms with Gasteiger partial charge in [-0.15, -0.1) is 5.10 Å². The predicted octanol–water partition coefficient (Wildman–Crippen LogP) is 3.83. The minimum absolute atomic E-state index is 0.107. The highest BCUT2D eigenvalue weighted by atomic mass is 16.1. The first-order valence-electron chi connectivity index (χ1n) is 8.53. The first-order valence-corrected chi connectivity index (χ1v) is 8.53. The van der Waals surface area contributed by atoms with Gasteiger partial charge in [-0.2, -0.15) is 4.98 Å². The third kappa shape index (κ3) is 3.35. The summed E-state index contributed by atoms with van der Waals surface area (Å²) in [5.74, 6) is 0.825. The molecule has 0 fully saturated rings. The molecule has 3 N–H and O–H groups in total. The van der Waals surface area contributed by atoms with Gasteiger partial charge in [-0.1, -0.05) is 48.0 Å². The summed E-state index contributed by atoms with van der Waals surface area (Å²) >= 11 is 0. The number of nitrogens with one attached hydrogen (secondary N) is 3. The molecule has 2 aromatic carbocycles. The molecule has 0 atom stereocenters. The van der Waals surface area contributed by atoms with Gasteiger partial charge in [0, 0.05) is 29.1 Å². The average molecular weight is 345 g/mol. The summed E-state index contributed by atoms with van der Waals surface area (Å²) in [6.07, 6.45) is 2.99. The number of aromatic amines is 2. The van der Waals surface area contributed by atoms with Crippen LogP contribution in [0.4, 0.5) is 5.95 Å². The fraction of sp³-hybridized carbons (Fsp3) is 0.150. The maximum Gasteiger partial charge on any atom is 0.249 e. The topological polar surface area (TPSA) is 86.5 Å². The number of nitrogens with zero attached hydrogens (tertiary/aromatic N) is 2. The number of H-pyrrole nitrogens is 2. The van der Waals surface area contributed by atoms with Gasteiger partial charge in [0.2, 0.25) is 11.9 Å². The zero-order chi connectivity index (χ0) is 17.9. The Kier molecular flexibility index (Phi) is 4.23. The second-order valence-corrected chi connectivity index (χ2v) is 6.28. The Morgan fingerprint density at radius 3 is 2.77 bits per heavy atom.